The average Bonchev–Trinajstić information content (AvgIpc) is 1.97. The first kappa shape index (κ1) is 14.5. The smallest absolute Gasteiger partial charge is 0.483 e. The van der Waals surface area contributed by atoms with Crippen molar-refractivity contribution in [3.05, 3.63) is 6.42 Å². The van der Waals surface area contributed by atoms with Crippen LogP contribution < -0.4 is 18.9 Å². The molecule has 0 bridgehead atoms. The van der Waals surface area contributed by atoms with Gasteiger partial charge in [-0.3, -0.25) is 4.79 Å². The monoisotopic (exact) mass is 165 g/mol. The topological polar surface area (TPSA) is 40.5 Å². The second-order valence-corrected chi connectivity index (χ2v) is 2.70. The van der Waals surface area contributed by atoms with E-state index in [-0.39, 0.29) is 25.3 Å². The quantitative estimate of drug-likeness (QED) is 0.257. The van der Waals surface area contributed by atoms with Crippen molar-refractivity contribution in [1.29, 1.82) is 0 Å². The SMILES string of the molecule is CC1[CH-]CCCN1C.O=CO.[Li+]. The molecule has 1 heterocycles. The van der Waals surface area contributed by atoms with E-state index in [4.69, 9.17) is 9.90 Å². The number of hydrogen-bond donors (Lipinski definition) is 1. The molecule has 0 aliphatic carbocycles. The maximum atomic E-state index is 8.36. The van der Waals surface area contributed by atoms with Gasteiger partial charge in [-0.05, 0) is 13.6 Å². The van der Waals surface area contributed by atoms with Crippen LogP contribution in [0.15, 0.2) is 0 Å². The van der Waals surface area contributed by atoms with Crippen LogP contribution in [0.1, 0.15) is 19.8 Å². The molecule has 4 heteroatoms. The summed E-state index contributed by atoms with van der Waals surface area (Å²) in [4.78, 5) is 10.7. The van der Waals surface area contributed by atoms with Crippen molar-refractivity contribution < 1.29 is 28.8 Å². The number of carboxylic acid groups (broad SMARTS) is 1. The largest absolute Gasteiger partial charge is 1.00 e. The zero-order valence-corrected chi connectivity index (χ0v) is 8.16. The molecule has 1 saturated heterocycles. The molecule has 0 spiro atoms. The molecule has 1 unspecified atom stereocenters. The Labute approximate surface area is 86.3 Å². The van der Waals surface area contributed by atoms with E-state index in [1.54, 1.807) is 0 Å². The Kier molecular flexibility index (Phi) is 11.1. The Morgan fingerprint density at radius 2 is 2.17 bits per heavy atom. The van der Waals surface area contributed by atoms with Gasteiger partial charge in [0.15, 0.2) is 0 Å². The molecular formula is C8H16LiNO2. The average molecular weight is 165 g/mol. The third kappa shape index (κ3) is 6.72. The summed E-state index contributed by atoms with van der Waals surface area (Å²) in [5, 5.41) is 6.89. The number of rotatable bonds is 0. The Morgan fingerprint density at radius 1 is 1.67 bits per heavy atom. The van der Waals surface area contributed by atoms with Crippen LogP contribution in [0.3, 0.4) is 0 Å². The van der Waals surface area contributed by atoms with E-state index in [0.717, 1.165) is 0 Å². The summed E-state index contributed by atoms with van der Waals surface area (Å²) in [6, 6.07) is 0.712. The predicted octanol–water partition coefficient (Wildman–Crippen LogP) is -1.99. The molecule has 1 fully saturated rings. The van der Waals surface area contributed by atoms with Gasteiger partial charge in [-0.15, -0.1) is 6.04 Å². The second kappa shape index (κ2) is 9.12. The fourth-order valence-corrected chi connectivity index (χ4v) is 1.08. The second-order valence-electron chi connectivity index (χ2n) is 2.70. The summed E-state index contributed by atoms with van der Waals surface area (Å²) in [5.41, 5.74) is 0. The predicted molar refractivity (Wildman–Crippen MR) is 44.3 cm³/mol. The van der Waals surface area contributed by atoms with Gasteiger partial charge in [-0.25, -0.2) is 0 Å². The van der Waals surface area contributed by atoms with Gasteiger partial charge in [0.25, 0.3) is 6.47 Å². The molecule has 1 N–H and O–H groups in total. The molecule has 0 aromatic rings. The van der Waals surface area contributed by atoms with Crippen molar-refractivity contribution in [2.75, 3.05) is 13.6 Å². The fourth-order valence-electron chi connectivity index (χ4n) is 1.08. The summed E-state index contributed by atoms with van der Waals surface area (Å²) >= 11 is 0. The van der Waals surface area contributed by atoms with E-state index in [1.165, 1.54) is 19.4 Å². The Bertz CT molecular complexity index is 101. The first-order valence-corrected chi connectivity index (χ1v) is 3.83. The fraction of sp³-hybridized carbons (Fsp3) is 0.750. The summed E-state index contributed by atoms with van der Waals surface area (Å²) in [6.45, 7) is 3.27. The Morgan fingerprint density at radius 3 is 2.42 bits per heavy atom. The van der Waals surface area contributed by atoms with Crippen molar-refractivity contribution in [3.8, 4) is 0 Å². The van der Waals surface area contributed by atoms with E-state index in [2.05, 4.69) is 25.3 Å². The molecule has 12 heavy (non-hydrogen) atoms. The number of hydrogen-bond acceptors (Lipinski definition) is 2. The Balaban J connectivity index is 0. The zero-order valence-electron chi connectivity index (χ0n) is 8.16. The van der Waals surface area contributed by atoms with Gasteiger partial charge in [-0.1, -0.05) is 13.3 Å². The minimum Gasteiger partial charge on any atom is -0.483 e. The van der Waals surface area contributed by atoms with Gasteiger partial charge in [0.1, 0.15) is 0 Å². The minimum absolute atomic E-state index is 0. The van der Waals surface area contributed by atoms with E-state index in [1.807, 2.05) is 0 Å². The van der Waals surface area contributed by atoms with Crippen LogP contribution in [0.4, 0.5) is 0 Å². The van der Waals surface area contributed by atoms with Crippen molar-refractivity contribution in [1.82, 2.24) is 4.90 Å². The van der Waals surface area contributed by atoms with Gasteiger partial charge in [0.2, 0.25) is 0 Å². The third-order valence-corrected chi connectivity index (χ3v) is 1.92. The Hall–Kier alpha value is 0.0274. The molecular weight excluding hydrogens is 149 g/mol. The molecule has 0 amide bonds. The molecule has 0 aromatic heterocycles. The summed E-state index contributed by atoms with van der Waals surface area (Å²) < 4.78 is 0. The first-order valence-electron chi connectivity index (χ1n) is 3.83. The summed E-state index contributed by atoms with van der Waals surface area (Å²) in [5.74, 6) is 0. The normalized spacial score (nSPS) is 23.0. The maximum absolute atomic E-state index is 8.36. The third-order valence-electron chi connectivity index (χ3n) is 1.92. The van der Waals surface area contributed by atoms with Crippen molar-refractivity contribution in [3.63, 3.8) is 0 Å². The zero-order chi connectivity index (χ0) is 8.69. The van der Waals surface area contributed by atoms with Gasteiger partial charge >= 0.3 is 18.9 Å². The van der Waals surface area contributed by atoms with Crippen LogP contribution in [0.2, 0.25) is 0 Å². The molecule has 66 valence electrons. The number of piperidine rings is 1. The van der Waals surface area contributed by atoms with E-state index >= 15 is 0 Å². The van der Waals surface area contributed by atoms with Crippen LogP contribution in [0, 0.1) is 6.42 Å². The molecule has 0 aromatic carbocycles. The van der Waals surface area contributed by atoms with E-state index in [9.17, 15) is 0 Å². The van der Waals surface area contributed by atoms with Crippen molar-refractivity contribution in [2.45, 2.75) is 25.8 Å². The van der Waals surface area contributed by atoms with E-state index in [0.29, 0.717) is 6.04 Å². The van der Waals surface area contributed by atoms with Gasteiger partial charge in [0, 0.05) is 0 Å². The maximum Gasteiger partial charge on any atom is 1.00 e. The molecule has 0 saturated carbocycles. The number of likely N-dealkylation sites (tertiary alicyclic amines) is 1. The van der Waals surface area contributed by atoms with Crippen molar-refractivity contribution in [2.24, 2.45) is 0 Å². The van der Waals surface area contributed by atoms with Gasteiger partial charge < -0.3 is 16.4 Å². The molecule has 1 aliphatic rings. The van der Waals surface area contributed by atoms with Crippen LogP contribution in [0.5, 0.6) is 0 Å². The van der Waals surface area contributed by atoms with Crippen LogP contribution in [-0.2, 0) is 4.79 Å². The van der Waals surface area contributed by atoms with Crippen molar-refractivity contribution >= 4 is 6.47 Å². The van der Waals surface area contributed by atoms with Gasteiger partial charge in [-0.2, -0.15) is 6.42 Å². The minimum atomic E-state index is -0.250. The standard InChI is InChI=1S/C7H14N.CH2O2.Li/c1-7-5-3-4-6-8(7)2;2-1-3;/h5,7H,3-4,6H2,1-2H3;1H,(H,2,3);/q-1;;+1. The summed E-state index contributed by atoms with van der Waals surface area (Å²) in [7, 11) is 2.18. The molecule has 3 nitrogen and oxygen atoms in total. The van der Waals surface area contributed by atoms with E-state index < -0.39 is 0 Å². The first-order chi connectivity index (χ1) is 5.22. The molecule has 1 rings (SSSR count). The van der Waals surface area contributed by atoms with Crippen LogP contribution in [0.25, 0.3) is 0 Å². The molecule has 1 atom stereocenters. The van der Waals surface area contributed by atoms with Crippen LogP contribution in [-0.4, -0.2) is 36.1 Å². The number of carbonyl (C=O) groups is 1. The van der Waals surface area contributed by atoms with Crippen LogP contribution >= 0.6 is 0 Å². The molecule has 1 aliphatic heterocycles. The summed E-state index contributed by atoms with van der Waals surface area (Å²) in [6.07, 6.45) is 5.04. The molecule has 0 radical (unpaired) electrons. The van der Waals surface area contributed by atoms with Gasteiger partial charge in [0.05, 0.1) is 0 Å². The number of nitrogens with zero attached hydrogens (tertiary/aromatic N) is 1.